The van der Waals surface area contributed by atoms with Gasteiger partial charge >= 0.3 is 0 Å². The Morgan fingerprint density at radius 2 is 2.15 bits per heavy atom. The van der Waals surface area contributed by atoms with Crippen molar-refractivity contribution in [3.8, 4) is 5.75 Å². The molecule has 0 spiro atoms. The minimum Gasteiger partial charge on any atom is -0.487 e. The van der Waals surface area contributed by atoms with Gasteiger partial charge in [-0.1, -0.05) is 11.2 Å². The molecular formula is C15H22N2O3. The maximum Gasteiger partial charge on any atom is 0.208 e. The first-order valence-corrected chi connectivity index (χ1v) is 6.78. The van der Waals surface area contributed by atoms with Gasteiger partial charge in [-0.05, 0) is 39.8 Å². The predicted molar refractivity (Wildman–Crippen MR) is 78.0 cm³/mol. The highest BCUT2D eigenvalue weighted by Crippen LogP contribution is 2.27. The van der Waals surface area contributed by atoms with Crippen molar-refractivity contribution in [2.24, 2.45) is 0 Å². The molecule has 1 heterocycles. The number of hydrogen-bond acceptors (Lipinski definition) is 5. The number of nitrogens with one attached hydrogen (secondary N) is 1. The summed E-state index contributed by atoms with van der Waals surface area (Å²) in [6.07, 6.45) is -0.575. The lowest BCUT2D eigenvalue weighted by molar-refractivity contribution is 0.100. The van der Waals surface area contributed by atoms with E-state index < -0.39 is 6.10 Å². The van der Waals surface area contributed by atoms with Gasteiger partial charge in [0.05, 0.1) is 5.69 Å². The molecule has 20 heavy (non-hydrogen) atoms. The number of β-amino-alcohol motifs (C(OH)–C–C–N with tert-alkyl or cyclic N) is 1. The van der Waals surface area contributed by atoms with Gasteiger partial charge in [0, 0.05) is 17.5 Å². The number of nitrogens with zero attached hydrogens (tertiary/aromatic N) is 1. The van der Waals surface area contributed by atoms with Crippen molar-refractivity contribution >= 4 is 11.0 Å². The summed E-state index contributed by atoms with van der Waals surface area (Å²) in [7, 11) is 0. The molecule has 0 aliphatic rings. The lowest BCUT2D eigenvalue weighted by Gasteiger charge is -2.22. The molecule has 0 aliphatic heterocycles. The van der Waals surface area contributed by atoms with Crippen LogP contribution in [-0.4, -0.2) is 35.1 Å². The molecule has 0 saturated heterocycles. The van der Waals surface area contributed by atoms with E-state index in [0.29, 0.717) is 17.9 Å². The largest absolute Gasteiger partial charge is 0.487 e. The van der Waals surface area contributed by atoms with E-state index in [0.717, 1.165) is 11.1 Å². The molecule has 2 N–H and O–H groups in total. The summed E-state index contributed by atoms with van der Waals surface area (Å²) < 4.78 is 10.9. The molecule has 1 unspecified atom stereocenters. The minimum absolute atomic E-state index is 0.0248. The van der Waals surface area contributed by atoms with Crippen LogP contribution in [0.3, 0.4) is 0 Å². The van der Waals surface area contributed by atoms with Crippen LogP contribution in [0.5, 0.6) is 5.75 Å². The Bertz CT molecular complexity index is 572. The second-order valence-electron chi connectivity index (χ2n) is 6.00. The normalized spacial score (nSPS) is 13.7. The number of hydrogen-bond donors (Lipinski definition) is 2. The summed E-state index contributed by atoms with van der Waals surface area (Å²) in [5.41, 5.74) is 1.43. The molecule has 0 radical (unpaired) electrons. The molecule has 2 aromatic rings. The minimum atomic E-state index is -0.575. The van der Waals surface area contributed by atoms with Gasteiger partial charge in [0.2, 0.25) is 5.58 Å². The smallest absolute Gasteiger partial charge is 0.208 e. The van der Waals surface area contributed by atoms with E-state index in [2.05, 4.69) is 31.2 Å². The van der Waals surface area contributed by atoms with Crippen molar-refractivity contribution in [1.29, 1.82) is 0 Å². The molecular weight excluding hydrogens is 256 g/mol. The van der Waals surface area contributed by atoms with Crippen LogP contribution in [0.25, 0.3) is 11.0 Å². The maximum atomic E-state index is 9.92. The second kappa shape index (κ2) is 5.81. The van der Waals surface area contributed by atoms with Gasteiger partial charge in [-0.3, -0.25) is 0 Å². The number of para-hydroxylation sites is 1. The Hall–Kier alpha value is -1.59. The van der Waals surface area contributed by atoms with E-state index in [1.165, 1.54) is 0 Å². The van der Waals surface area contributed by atoms with E-state index in [1.54, 1.807) is 0 Å². The third-order valence-electron chi connectivity index (χ3n) is 2.94. The van der Waals surface area contributed by atoms with Crippen LogP contribution >= 0.6 is 0 Å². The quantitative estimate of drug-likeness (QED) is 0.878. The van der Waals surface area contributed by atoms with Gasteiger partial charge in [-0.2, -0.15) is 0 Å². The Balaban J connectivity index is 1.96. The van der Waals surface area contributed by atoms with Crippen LogP contribution in [0.4, 0.5) is 0 Å². The van der Waals surface area contributed by atoms with Crippen LogP contribution in [0.2, 0.25) is 0 Å². The topological polar surface area (TPSA) is 67.5 Å². The van der Waals surface area contributed by atoms with Crippen LogP contribution in [-0.2, 0) is 0 Å². The van der Waals surface area contributed by atoms with Gasteiger partial charge in [0.1, 0.15) is 12.7 Å². The Labute approximate surface area is 118 Å². The van der Waals surface area contributed by atoms with Crippen LogP contribution in [0.15, 0.2) is 22.7 Å². The van der Waals surface area contributed by atoms with Gasteiger partial charge in [0.25, 0.3) is 0 Å². The van der Waals surface area contributed by atoms with E-state index in [-0.39, 0.29) is 12.1 Å². The Kier molecular flexibility index (Phi) is 4.30. The summed E-state index contributed by atoms with van der Waals surface area (Å²) in [5.74, 6) is 0.609. The van der Waals surface area contributed by atoms with Crippen molar-refractivity contribution in [2.45, 2.75) is 39.3 Å². The average molecular weight is 278 g/mol. The molecule has 0 amide bonds. The van der Waals surface area contributed by atoms with Crippen molar-refractivity contribution in [3.63, 3.8) is 0 Å². The third-order valence-corrected chi connectivity index (χ3v) is 2.94. The van der Waals surface area contributed by atoms with E-state index in [4.69, 9.17) is 9.26 Å². The zero-order valence-electron chi connectivity index (χ0n) is 12.4. The first-order valence-electron chi connectivity index (χ1n) is 6.78. The van der Waals surface area contributed by atoms with Gasteiger partial charge in [0.15, 0.2) is 5.75 Å². The van der Waals surface area contributed by atoms with E-state index in [1.807, 2.05) is 25.1 Å². The zero-order valence-corrected chi connectivity index (χ0v) is 12.4. The second-order valence-corrected chi connectivity index (χ2v) is 6.00. The number of ether oxygens (including phenoxy) is 1. The van der Waals surface area contributed by atoms with Gasteiger partial charge in [-0.25, -0.2) is 0 Å². The fourth-order valence-electron chi connectivity index (χ4n) is 1.84. The number of rotatable bonds is 5. The lowest BCUT2D eigenvalue weighted by Crippen LogP contribution is -2.42. The highest BCUT2D eigenvalue weighted by atomic mass is 16.5. The summed E-state index contributed by atoms with van der Waals surface area (Å²) in [5, 5.41) is 18.0. The standard InChI is InChI=1S/C15H22N2O3/c1-10-12-6-5-7-13(14(12)20-17-10)19-9-11(18)8-16-15(2,3)4/h5-7,11,16,18H,8-9H2,1-4H3. The monoisotopic (exact) mass is 278 g/mol. The number of aliphatic hydroxyl groups excluding tert-OH is 1. The number of benzene rings is 1. The molecule has 1 aromatic heterocycles. The lowest BCUT2D eigenvalue weighted by atomic mass is 10.1. The molecule has 0 saturated carbocycles. The average Bonchev–Trinajstić information content (AvgIpc) is 2.76. The molecule has 2 rings (SSSR count). The zero-order chi connectivity index (χ0) is 14.8. The van der Waals surface area contributed by atoms with Crippen LogP contribution in [0.1, 0.15) is 26.5 Å². The highest BCUT2D eigenvalue weighted by molar-refractivity contribution is 5.84. The SMILES string of the molecule is Cc1noc2c(OCC(O)CNC(C)(C)C)cccc12. The maximum absolute atomic E-state index is 9.92. The van der Waals surface area contributed by atoms with Crippen molar-refractivity contribution in [2.75, 3.05) is 13.2 Å². The number of aryl methyl sites for hydroxylation is 1. The molecule has 1 atom stereocenters. The van der Waals surface area contributed by atoms with E-state index in [9.17, 15) is 5.11 Å². The van der Waals surface area contributed by atoms with E-state index >= 15 is 0 Å². The summed E-state index contributed by atoms with van der Waals surface area (Å²) in [6.45, 7) is 8.74. The first-order chi connectivity index (χ1) is 9.37. The Morgan fingerprint density at radius 1 is 1.40 bits per heavy atom. The fraction of sp³-hybridized carbons (Fsp3) is 0.533. The van der Waals surface area contributed by atoms with Crippen molar-refractivity contribution < 1.29 is 14.4 Å². The summed E-state index contributed by atoms with van der Waals surface area (Å²) >= 11 is 0. The molecule has 0 fully saturated rings. The van der Waals surface area contributed by atoms with Crippen LogP contribution in [0, 0.1) is 6.92 Å². The number of aliphatic hydroxyl groups is 1. The van der Waals surface area contributed by atoms with Crippen LogP contribution < -0.4 is 10.1 Å². The third kappa shape index (κ3) is 3.71. The summed E-state index contributed by atoms with van der Waals surface area (Å²) in [4.78, 5) is 0. The van der Waals surface area contributed by atoms with Gasteiger partial charge in [-0.15, -0.1) is 0 Å². The number of aromatic nitrogens is 1. The summed E-state index contributed by atoms with van der Waals surface area (Å²) in [6, 6.07) is 5.64. The van der Waals surface area contributed by atoms with Crippen molar-refractivity contribution in [1.82, 2.24) is 10.5 Å². The Morgan fingerprint density at radius 3 is 2.85 bits per heavy atom. The molecule has 0 aliphatic carbocycles. The predicted octanol–water partition coefficient (Wildman–Crippen LogP) is 2.26. The highest BCUT2D eigenvalue weighted by Gasteiger charge is 2.14. The molecule has 5 nitrogen and oxygen atoms in total. The van der Waals surface area contributed by atoms with Gasteiger partial charge < -0.3 is 19.7 Å². The number of fused-ring (bicyclic) bond motifs is 1. The molecule has 1 aromatic carbocycles. The first kappa shape index (κ1) is 14.8. The fourth-order valence-corrected chi connectivity index (χ4v) is 1.84. The molecule has 5 heteroatoms. The molecule has 0 bridgehead atoms. The van der Waals surface area contributed by atoms with Crippen molar-refractivity contribution in [3.05, 3.63) is 23.9 Å². The molecule has 110 valence electrons.